The fourth-order valence-corrected chi connectivity index (χ4v) is 3.18. The highest BCUT2D eigenvalue weighted by atomic mass is 19.4. The van der Waals surface area contributed by atoms with Crippen LogP contribution in [0.15, 0.2) is 67.1 Å². The largest absolute Gasteiger partial charge is 0.477 e. The molecule has 4 aromatic rings. The molecule has 0 aliphatic heterocycles. The van der Waals surface area contributed by atoms with Crippen LogP contribution in [0, 0.1) is 0 Å². The lowest BCUT2D eigenvalue weighted by Gasteiger charge is -2.11. The van der Waals surface area contributed by atoms with E-state index in [1.54, 1.807) is 48.0 Å². The number of aromatic nitrogens is 3. The molecule has 4 rings (SSSR count). The molecule has 8 nitrogen and oxygen atoms in total. The van der Waals surface area contributed by atoms with Crippen molar-refractivity contribution in [1.82, 2.24) is 19.7 Å². The summed E-state index contributed by atoms with van der Waals surface area (Å²) in [5.41, 5.74) is 3.80. The Labute approximate surface area is 184 Å². The smallest absolute Gasteiger partial charge is 0.405 e. The number of carboxylic acid groups (broad SMARTS) is 1. The molecule has 1 aromatic carbocycles. The van der Waals surface area contributed by atoms with Gasteiger partial charge in [0.05, 0.1) is 11.9 Å². The maximum Gasteiger partial charge on any atom is 0.405 e. The van der Waals surface area contributed by atoms with E-state index in [9.17, 15) is 22.8 Å². The van der Waals surface area contributed by atoms with E-state index >= 15 is 0 Å². The number of carbonyl (C=O) groups is 2. The second kappa shape index (κ2) is 8.61. The molecule has 0 saturated carbocycles. The Bertz CT molecular complexity index is 1330. The number of amides is 2. The Hall–Kier alpha value is -4.41. The standard InChI is InChI=1S/C22H16F3N5O3/c23-22(24,25)12-28-21(33)29-16-3-1-2-14(8-16)18-11-27-19-9-13(6-7-30(18)19)15-4-5-17(20(31)32)26-10-15/h1-11H,12H2,(H,31,32)(H2,28,29,33). The van der Waals surface area contributed by atoms with Crippen molar-refractivity contribution in [1.29, 1.82) is 0 Å². The van der Waals surface area contributed by atoms with Crippen LogP contribution < -0.4 is 10.6 Å². The molecule has 0 radical (unpaired) electrons. The fourth-order valence-electron chi connectivity index (χ4n) is 3.18. The van der Waals surface area contributed by atoms with Gasteiger partial charge in [0.15, 0.2) is 0 Å². The number of pyridine rings is 2. The molecular weight excluding hydrogens is 439 g/mol. The van der Waals surface area contributed by atoms with Crippen molar-refractivity contribution in [3.63, 3.8) is 0 Å². The van der Waals surface area contributed by atoms with E-state index in [-0.39, 0.29) is 5.69 Å². The number of nitrogens with one attached hydrogen (secondary N) is 2. The van der Waals surface area contributed by atoms with Crippen LogP contribution in [0.25, 0.3) is 28.0 Å². The van der Waals surface area contributed by atoms with Gasteiger partial charge in [-0.15, -0.1) is 0 Å². The highest BCUT2D eigenvalue weighted by molar-refractivity contribution is 5.90. The summed E-state index contributed by atoms with van der Waals surface area (Å²) in [6.45, 7) is -1.43. The van der Waals surface area contributed by atoms with E-state index in [0.717, 1.165) is 11.1 Å². The Morgan fingerprint density at radius 1 is 0.970 bits per heavy atom. The predicted molar refractivity (Wildman–Crippen MR) is 114 cm³/mol. The first-order chi connectivity index (χ1) is 15.7. The average molecular weight is 455 g/mol. The van der Waals surface area contributed by atoms with E-state index in [1.165, 1.54) is 12.3 Å². The molecule has 2 amide bonds. The highest BCUT2D eigenvalue weighted by Gasteiger charge is 2.27. The molecule has 0 bridgehead atoms. The summed E-state index contributed by atoms with van der Waals surface area (Å²) in [7, 11) is 0. The van der Waals surface area contributed by atoms with Gasteiger partial charge < -0.3 is 15.7 Å². The maximum absolute atomic E-state index is 12.3. The van der Waals surface area contributed by atoms with Crippen molar-refractivity contribution in [2.75, 3.05) is 11.9 Å². The lowest BCUT2D eigenvalue weighted by molar-refractivity contribution is -0.122. The molecule has 0 saturated heterocycles. The van der Waals surface area contributed by atoms with Gasteiger partial charge in [-0.05, 0) is 35.9 Å². The van der Waals surface area contributed by atoms with E-state index in [1.807, 2.05) is 16.5 Å². The van der Waals surface area contributed by atoms with Gasteiger partial charge in [0, 0.05) is 29.2 Å². The normalized spacial score (nSPS) is 11.4. The van der Waals surface area contributed by atoms with Crippen molar-refractivity contribution < 1.29 is 27.9 Å². The molecule has 3 N–H and O–H groups in total. The number of halogens is 3. The van der Waals surface area contributed by atoms with Crippen LogP contribution in [0.2, 0.25) is 0 Å². The summed E-state index contributed by atoms with van der Waals surface area (Å²) in [6, 6.07) is 12.4. The van der Waals surface area contributed by atoms with E-state index in [4.69, 9.17) is 5.11 Å². The number of imidazole rings is 1. The molecule has 168 valence electrons. The maximum atomic E-state index is 12.3. The predicted octanol–water partition coefficient (Wildman–Crippen LogP) is 4.45. The third-order valence-corrected chi connectivity index (χ3v) is 4.69. The summed E-state index contributed by atoms with van der Waals surface area (Å²) < 4.78 is 38.6. The van der Waals surface area contributed by atoms with Crippen molar-refractivity contribution in [2.45, 2.75) is 6.18 Å². The lowest BCUT2D eigenvalue weighted by Crippen LogP contribution is -2.36. The van der Waals surface area contributed by atoms with Gasteiger partial charge in [0.1, 0.15) is 17.9 Å². The third kappa shape index (κ3) is 5.09. The number of aromatic carboxylic acids is 1. The van der Waals surface area contributed by atoms with Gasteiger partial charge >= 0.3 is 18.2 Å². The first-order valence-corrected chi connectivity index (χ1v) is 9.58. The molecule has 0 fully saturated rings. The number of fused-ring (bicyclic) bond motifs is 1. The minimum Gasteiger partial charge on any atom is -0.477 e. The van der Waals surface area contributed by atoms with Crippen LogP contribution in [0.4, 0.5) is 23.7 Å². The topological polar surface area (TPSA) is 109 Å². The SMILES string of the molecule is O=C(NCC(F)(F)F)Nc1cccc(-c2cnc3cc(-c4ccc(C(=O)O)nc4)ccn23)c1. The monoisotopic (exact) mass is 455 g/mol. The van der Waals surface area contributed by atoms with Crippen molar-refractivity contribution >= 4 is 23.3 Å². The van der Waals surface area contributed by atoms with Crippen LogP contribution in [-0.2, 0) is 0 Å². The zero-order valence-electron chi connectivity index (χ0n) is 16.8. The number of rotatable bonds is 5. The molecule has 0 atom stereocenters. The number of hydrogen-bond donors (Lipinski definition) is 3. The van der Waals surface area contributed by atoms with Crippen molar-refractivity contribution in [3.05, 3.63) is 72.8 Å². The number of benzene rings is 1. The highest BCUT2D eigenvalue weighted by Crippen LogP contribution is 2.26. The zero-order valence-corrected chi connectivity index (χ0v) is 16.8. The van der Waals surface area contributed by atoms with E-state index in [0.29, 0.717) is 22.6 Å². The first kappa shape index (κ1) is 21.8. The van der Waals surface area contributed by atoms with Crippen molar-refractivity contribution in [3.8, 4) is 22.4 Å². The van der Waals surface area contributed by atoms with Crippen LogP contribution in [0.5, 0.6) is 0 Å². The number of urea groups is 1. The summed E-state index contributed by atoms with van der Waals surface area (Å²) >= 11 is 0. The summed E-state index contributed by atoms with van der Waals surface area (Å²) in [4.78, 5) is 31.0. The van der Waals surface area contributed by atoms with Gasteiger partial charge in [-0.3, -0.25) is 4.40 Å². The minimum absolute atomic E-state index is 0.0523. The molecule has 3 aromatic heterocycles. The Morgan fingerprint density at radius 3 is 2.48 bits per heavy atom. The molecule has 11 heteroatoms. The lowest BCUT2D eigenvalue weighted by atomic mass is 10.1. The first-order valence-electron chi connectivity index (χ1n) is 9.58. The summed E-state index contributed by atoms with van der Waals surface area (Å²) in [5.74, 6) is -1.11. The van der Waals surface area contributed by atoms with Crippen LogP contribution >= 0.6 is 0 Å². The average Bonchev–Trinajstić information content (AvgIpc) is 3.21. The summed E-state index contributed by atoms with van der Waals surface area (Å²) in [5, 5.41) is 13.1. The second-order valence-electron chi connectivity index (χ2n) is 7.03. The van der Waals surface area contributed by atoms with Gasteiger partial charge in [0.2, 0.25) is 0 Å². The number of carboxylic acids is 1. The van der Waals surface area contributed by atoms with E-state index < -0.39 is 24.7 Å². The number of alkyl halides is 3. The third-order valence-electron chi connectivity index (χ3n) is 4.69. The summed E-state index contributed by atoms with van der Waals surface area (Å²) in [6.07, 6.45) is 0.392. The van der Waals surface area contributed by atoms with Gasteiger partial charge in [-0.25, -0.2) is 19.6 Å². The van der Waals surface area contributed by atoms with Crippen LogP contribution in [0.3, 0.4) is 0 Å². The Balaban J connectivity index is 1.56. The second-order valence-corrected chi connectivity index (χ2v) is 7.03. The molecule has 0 unspecified atom stereocenters. The number of hydrogen-bond acceptors (Lipinski definition) is 4. The quantitative estimate of drug-likeness (QED) is 0.412. The van der Waals surface area contributed by atoms with Gasteiger partial charge in [-0.2, -0.15) is 13.2 Å². The number of nitrogens with zero attached hydrogens (tertiary/aromatic N) is 3. The minimum atomic E-state index is -4.50. The molecule has 33 heavy (non-hydrogen) atoms. The van der Waals surface area contributed by atoms with Crippen LogP contribution in [0.1, 0.15) is 10.5 Å². The molecule has 0 aliphatic rings. The molecule has 0 aliphatic carbocycles. The molecule has 3 heterocycles. The number of anilines is 1. The Morgan fingerprint density at radius 2 is 1.79 bits per heavy atom. The van der Waals surface area contributed by atoms with Gasteiger partial charge in [0.25, 0.3) is 0 Å². The van der Waals surface area contributed by atoms with E-state index in [2.05, 4.69) is 15.3 Å². The fraction of sp³-hybridized carbons (Fsp3) is 0.0909. The molecule has 0 spiro atoms. The number of carbonyl (C=O) groups excluding carboxylic acids is 1. The Kier molecular flexibility index (Phi) is 5.69. The zero-order chi connectivity index (χ0) is 23.6. The van der Waals surface area contributed by atoms with Crippen LogP contribution in [-0.4, -0.2) is 44.2 Å². The van der Waals surface area contributed by atoms with Gasteiger partial charge in [-0.1, -0.05) is 18.2 Å². The molecular formula is C22H16F3N5O3. The van der Waals surface area contributed by atoms with Crippen molar-refractivity contribution in [2.24, 2.45) is 0 Å².